The van der Waals surface area contributed by atoms with Gasteiger partial charge in [-0.1, -0.05) is 6.07 Å². The molecule has 0 bridgehead atoms. The Kier molecular flexibility index (Phi) is 2.40. The van der Waals surface area contributed by atoms with Gasteiger partial charge in [0.1, 0.15) is 5.94 Å². The Balaban J connectivity index is 2.76. The summed E-state index contributed by atoms with van der Waals surface area (Å²) in [6.07, 6.45) is 1.31. The Labute approximate surface area is 63.0 Å². The first-order valence-electron chi connectivity index (χ1n) is 2.84. The summed E-state index contributed by atoms with van der Waals surface area (Å²) in [6, 6.07) is 3.51. The van der Waals surface area contributed by atoms with Gasteiger partial charge in [-0.25, -0.2) is 4.79 Å². The zero-order chi connectivity index (χ0) is 7.40. The molecule has 10 heavy (non-hydrogen) atoms. The van der Waals surface area contributed by atoms with E-state index in [0.29, 0.717) is 0 Å². The molecule has 1 atom stereocenters. The Morgan fingerprint density at radius 1 is 1.80 bits per heavy atom. The maximum atomic E-state index is 9.85. The van der Waals surface area contributed by atoms with Gasteiger partial charge in [0.25, 0.3) is 0 Å². The molecule has 2 N–H and O–H groups in total. The van der Waals surface area contributed by atoms with Crippen LogP contribution in [0.1, 0.15) is 10.9 Å². The van der Waals surface area contributed by atoms with Crippen molar-refractivity contribution in [2.45, 2.75) is 6.04 Å². The van der Waals surface area contributed by atoms with Gasteiger partial charge >= 0.3 is 0 Å². The van der Waals surface area contributed by atoms with E-state index in [1.807, 2.05) is 17.5 Å². The molecule has 3 heteroatoms. The van der Waals surface area contributed by atoms with Crippen molar-refractivity contribution in [2.24, 2.45) is 5.73 Å². The predicted molar refractivity (Wildman–Crippen MR) is 41.5 cm³/mol. The first-order chi connectivity index (χ1) is 4.84. The van der Waals surface area contributed by atoms with Crippen LogP contribution in [0, 0.1) is 0 Å². The third kappa shape index (κ3) is 1.54. The lowest BCUT2D eigenvalue weighted by Crippen LogP contribution is -2.04. The number of rotatable bonds is 2. The third-order valence-corrected chi connectivity index (χ3v) is 2.09. The number of carbonyl (C=O) groups excluding carboxylic acids is 1. The van der Waals surface area contributed by atoms with Crippen LogP contribution in [0.2, 0.25) is 0 Å². The first-order valence-corrected chi connectivity index (χ1v) is 3.72. The van der Waals surface area contributed by atoms with Gasteiger partial charge in [0, 0.05) is 11.0 Å². The molecule has 0 amide bonds. The van der Waals surface area contributed by atoms with Crippen molar-refractivity contribution in [2.75, 3.05) is 0 Å². The first kappa shape index (κ1) is 7.22. The zero-order valence-corrected chi connectivity index (χ0v) is 6.10. The fraction of sp³-hybridized carbons (Fsp3) is 0.143. The summed E-state index contributed by atoms with van der Waals surface area (Å²) in [5, 5.41) is 1.92. The van der Waals surface area contributed by atoms with Crippen LogP contribution >= 0.6 is 11.3 Å². The molecule has 0 aliphatic carbocycles. The molecule has 0 radical (unpaired) electrons. The minimum Gasteiger partial charge on any atom is -0.319 e. The molecule has 0 saturated heterocycles. The Hall–Kier alpha value is -0.890. The highest BCUT2D eigenvalue weighted by Crippen LogP contribution is 2.16. The van der Waals surface area contributed by atoms with Crippen LogP contribution in [0.25, 0.3) is 0 Å². The largest absolute Gasteiger partial charge is 0.319 e. The molecular weight excluding hydrogens is 146 g/mol. The van der Waals surface area contributed by atoms with Gasteiger partial charge in [0.15, 0.2) is 0 Å². The highest BCUT2D eigenvalue weighted by molar-refractivity contribution is 7.10. The van der Waals surface area contributed by atoms with Crippen LogP contribution in [-0.2, 0) is 4.79 Å². The van der Waals surface area contributed by atoms with E-state index >= 15 is 0 Å². The maximum absolute atomic E-state index is 9.85. The Morgan fingerprint density at radius 3 is 3.10 bits per heavy atom. The van der Waals surface area contributed by atoms with E-state index in [9.17, 15) is 4.79 Å². The molecule has 2 nitrogen and oxygen atoms in total. The van der Waals surface area contributed by atoms with Crippen molar-refractivity contribution in [3.05, 3.63) is 28.5 Å². The lowest BCUT2D eigenvalue weighted by molar-refractivity contribution is 0.567. The van der Waals surface area contributed by atoms with Gasteiger partial charge < -0.3 is 5.73 Å². The molecule has 0 aliphatic heterocycles. The molecule has 0 fully saturated rings. The SMILES string of the molecule is NC(C=C=O)c1cccs1. The van der Waals surface area contributed by atoms with Crippen molar-refractivity contribution in [3.63, 3.8) is 0 Å². The molecule has 1 heterocycles. The molecule has 1 aromatic rings. The number of hydrogen-bond donors (Lipinski definition) is 1. The van der Waals surface area contributed by atoms with Crippen molar-refractivity contribution in [3.8, 4) is 0 Å². The summed E-state index contributed by atoms with van der Waals surface area (Å²) in [6.45, 7) is 0. The number of nitrogens with two attached hydrogens (primary N) is 1. The van der Waals surface area contributed by atoms with Crippen molar-refractivity contribution in [1.29, 1.82) is 0 Å². The van der Waals surface area contributed by atoms with Crippen molar-refractivity contribution in [1.82, 2.24) is 0 Å². The van der Waals surface area contributed by atoms with Gasteiger partial charge in [-0.15, -0.1) is 11.3 Å². The monoisotopic (exact) mass is 153 g/mol. The summed E-state index contributed by atoms with van der Waals surface area (Å²) < 4.78 is 0. The number of thiophene rings is 1. The summed E-state index contributed by atoms with van der Waals surface area (Å²) in [5.74, 6) is 1.66. The van der Waals surface area contributed by atoms with Crippen LogP contribution in [0.4, 0.5) is 0 Å². The van der Waals surface area contributed by atoms with Crippen molar-refractivity contribution < 1.29 is 4.79 Å². The summed E-state index contributed by atoms with van der Waals surface area (Å²) in [4.78, 5) is 10.8. The maximum Gasteiger partial charge on any atom is 0.122 e. The highest BCUT2D eigenvalue weighted by atomic mass is 32.1. The minimum absolute atomic E-state index is 0.280. The molecule has 1 aromatic heterocycles. The van der Waals surface area contributed by atoms with Crippen LogP contribution in [0.3, 0.4) is 0 Å². The van der Waals surface area contributed by atoms with Crippen LogP contribution in [0.5, 0.6) is 0 Å². The van der Waals surface area contributed by atoms with E-state index < -0.39 is 0 Å². The Morgan fingerprint density at radius 2 is 2.60 bits per heavy atom. The van der Waals surface area contributed by atoms with Gasteiger partial charge in [0.2, 0.25) is 0 Å². The minimum atomic E-state index is -0.280. The van der Waals surface area contributed by atoms with Crippen molar-refractivity contribution >= 4 is 17.3 Å². The van der Waals surface area contributed by atoms with E-state index in [4.69, 9.17) is 5.73 Å². The molecule has 1 unspecified atom stereocenters. The van der Waals surface area contributed by atoms with Gasteiger partial charge in [-0.3, -0.25) is 0 Å². The molecule has 52 valence electrons. The predicted octanol–water partition coefficient (Wildman–Crippen LogP) is 1.14. The fourth-order valence-corrected chi connectivity index (χ4v) is 1.33. The normalized spacial score (nSPS) is 12.1. The lowest BCUT2D eigenvalue weighted by atomic mass is 10.2. The summed E-state index contributed by atoms with van der Waals surface area (Å²) >= 11 is 1.54. The fourth-order valence-electron chi connectivity index (χ4n) is 0.636. The second-order valence-electron chi connectivity index (χ2n) is 1.83. The molecule has 1 rings (SSSR count). The lowest BCUT2D eigenvalue weighted by Gasteiger charge is -1.97. The van der Waals surface area contributed by atoms with Crippen LogP contribution in [0.15, 0.2) is 23.6 Å². The quantitative estimate of drug-likeness (QED) is 0.647. The second-order valence-corrected chi connectivity index (χ2v) is 2.80. The third-order valence-electron chi connectivity index (χ3n) is 1.12. The summed E-state index contributed by atoms with van der Waals surface area (Å²) in [7, 11) is 0. The van der Waals surface area contributed by atoms with Gasteiger partial charge in [-0.05, 0) is 11.4 Å². The van der Waals surface area contributed by atoms with E-state index in [2.05, 4.69) is 0 Å². The van der Waals surface area contributed by atoms with Crippen LogP contribution in [-0.4, -0.2) is 5.94 Å². The van der Waals surface area contributed by atoms with Gasteiger partial charge in [-0.2, -0.15) is 0 Å². The molecule has 0 saturated carbocycles. The highest BCUT2D eigenvalue weighted by Gasteiger charge is 2.00. The summed E-state index contributed by atoms with van der Waals surface area (Å²) in [5.41, 5.74) is 5.54. The average molecular weight is 153 g/mol. The molecule has 0 aliphatic rings. The zero-order valence-electron chi connectivity index (χ0n) is 5.28. The average Bonchev–Trinajstić information content (AvgIpc) is 2.38. The van der Waals surface area contributed by atoms with E-state index in [1.54, 1.807) is 5.94 Å². The van der Waals surface area contributed by atoms with E-state index in [1.165, 1.54) is 17.4 Å². The molecule has 0 aromatic carbocycles. The Bertz CT molecular complexity index is 236. The van der Waals surface area contributed by atoms with Crippen LogP contribution < -0.4 is 5.73 Å². The van der Waals surface area contributed by atoms with Gasteiger partial charge in [0.05, 0.1) is 6.04 Å². The van der Waals surface area contributed by atoms with E-state index in [-0.39, 0.29) is 6.04 Å². The van der Waals surface area contributed by atoms with E-state index in [0.717, 1.165) is 4.88 Å². The standard InChI is InChI=1S/C7H7NOS/c8-6(3-4-9)7-2-1-5-10-7/h1-3,5-6H,8H2. The molecular formula is C7H7NOS. The number of hydrogen-bond acceptors (Lipinski definition) is 3. The smallest absolute Gasteiger partial charge is 0.122 e. The topological polar surface area (TPSA) is 43.1 Å². The molecule has 0 spiro atoms. The second kappa shape index (κ2) is 3.32.